The molecule has 0 bridgehead atoms. The highest BCUT2D eigenvalue weighted by Crippen LogP contribution is 2.32. The van der Waals surface area contributed by atoms with Crippen LogP contribution in [0.5, 0.6) is 0 Å². The summed E-state index contributed by atoms with van der Waals surface area (Å²) in [5.41, 5.74) is 6.61. The fourth-order valence-corrected chi connectivity index (χ4v) is 5.03. The van der Waals surface area contributed by atoms with E-state index in [2.05, 4.69) is 37.4 Å². The Morgan fingerprint density at radius 3 is 2.64 bits per heavy atom. The largest absolute Gasteiger partial charge is 0.444 e. The molecule has 3 aliphatic heterocycles. The van der Waals surface area contributed by atoms with E-state index in [1.54, 1.807) is 11.8 Å². The van der Waals surface area contributed by atoms with Gasteiger partial charge in [0.25, 0.3) is 5.91 Å². The van der Waals surface area contributed by atoms with Crippen molar-refractivity contribution < 1.29 is 34.1 Å². The van der Waals surface area contributed by atoms with Crippen LogP contribution < -0.4 is 16.4 Å². The molecule has 3 fully saturated rings. The number of likely N-dealkylation sites (N-methyl/N-ethyl adjacent to an activating group) is 1. The second-order valence-corrected chi connectivity index (χ2v) is 10.0. The van der Waals surface area contributed by atoms with E-state index in [4.69, 9.17) is 15.2 Å². The van der Waals surface area contributed by atoms with E-state index in [9.17, 15) is 24.6 Å². The fraction of sp³-hybridized carbons (Fsp3) is 0.630. The van der Waals surface area contributed by atoms with Crippen LogP contribution in [0.2, 0.25) is 0 Å². The van der Waals surface area contributed by atoms with Crippen LogP contribution in [-0.2, 0) is 19.1 Å². The number of aliphatic hydroxyl groups excluding tert-OH is 2. The van der Waals surface area contributed by atoms with E-state index < -0.39 is 42.6 Å². The lowest BCUT2D eigenvalue weighted by atomic mass is 9.94. The topological polar surface area (TPSA) is 207 Å². The van der Waals surface area contributed by atoms with Gasteiger partial charge in [0.1, 0.15) is 23.8 Å². The number of piperidine rings is 1. The van der Waals surface area contributed by atoms with Crippen molar-refractivity contribution in [3.63, 3.8) is 0 Å². The van der Waals surface area contributed by atoms with Crippen LogP contribution in [-0.4, -0.2) is 103 Å². The number of hydrogen-bond acceptors (Lipinski definition) is 11. The molecule has 0 saturated carbocycles. The van der Waals surface area contributed by atoms with Crippen molar-refractivity contribution in [1.82, 2.24) is 35.1 Å². The number of rotatable bonds is 5. The number of anilines is 1. The molecule has 3 saturated heterocycles. The number of carbonyl (C=O) groups is 3. The Morgan fingerprint density at radius 2 is 1.98 bits per heavy atom. The first kappa shape index (κ1) is 30.9. The molecule has 42 heavy (non-hydrogen) atoms. The number of likely N-dealkylation sites (tertiary alicyclic amines) is 1. The second kappa shape index (κ2) is 13.8. The number of fused-ring (bicyclic) bond motifs is 1. The van der Waals surface area contributed by atoms with Gasteiger partial charge in [-0.3, -0.25) is 14.2 Å². The van der Waals surface area contributed by atoms with Gasteiger partial charge in [-0.05, 0) is 31.6 Å². The number of carbonyl (C=O) groups excluding carboxylic acids is 3. The second-order valence-electron chi connectivity index (χ2n) is 10.0. The Hall–Kier alpha value is -4.00. The van der Waals surface area contributed by atoms with Crippen molar-refractivity contribution in [2.24, 2.45) is 5.92 Å². The number of imidazole rings is 1. The molecular formula is C27H38N8O7. The number of hydrogen-bond donors (Lipinski definition) is 5. The van der Waals surface area contributed by atoms with Crippen molar-refractivity contribution in [3.8, 4) is 11.8 Å². The summed E-state index contributed by atoms with van der Waals surface area (Å²) in [6.07, 6.45) is -2.41. The first-order valence-corrected chi connectivity index (χ1v) is 14.3. The van der Waals surface area contributed by atoms with Crippen LogP contribution in [0.3, 0.4) is 0 Å². The number of ether oxygens (including phenoxy) is 2. The zero-order chi connectivity index (χ0) is 30.4. The van der Waals surface area contributed by atoms with Crippen LogP contribution in [0, 0.1) is 17.8 Å². The van der Waals surface area contributed by atoms with Crippen LogP contribution in [0.4, 0.5) is 10.6 Å². The SMILES string of the molecule is CC.CCNC(=O)[C@H]1O[C@@H](n2cnc3c(N)nc(C#CCC4CCN(C(=O)OC5CNC(=O)C5)CC4)nc32)C(O)[C@H]1O. The van der Waals surface area contributed by atoms with Gasteiger partial charge in [0.2, 0.25) is 11.7 Å². The van der Waals surface area contributed by atoms with Crippen molar-refractivity contribution in [3.05, 3.63) is 12.2 Å². The number of aromatic nitrogens is 4. The average molecular weight is 587 g/mol. The Labute approximate surface area is 243 Å². The van der Waals surface area contributed by atoms with Crippen LogP contribution in [0.1, 0.15) is 58.5 Å². The molecule has 2 aromatic heterocycles. The van der Waals surface area contributed by atoms with E-state index in [0.717, 1.165) is 12.8 Å². The van der Waals surface area contributed by atoms with E-state index in [1.165, 1.54) is 10.9 Å². The summed E-state index contributed by atoms with van der Waals surface area (Å²) in [6.45, 7) is 7.52. The number of nitrogens with two attached hydrogens (primary N) is 1. The smallest absolute Gasteiger partial charge is 0.410 e. The monoisotopic (exact) mass is 586 g/mol. The minimum absolute atomic E-state index is 0.0901. The highest BCUT2D eigenvalue weighted by Gasteiger charge is 2.47. The molecule has 15 nitrogen and oxygen atoms in total. The molecule has 3 aliphatic rings. The van der Waals surface area contributed by atoms with Gasteiger partial charge >= 0.3 is 6.09 Å². The highest BCUT2D eigenvalue weighted by atomic mass is 16.6. The van der Waals surface area contributed by atoms with Gasteiger partial charge < -0.3 is 41.0 Å². The van der Waals surface area contributed by atoms with Gasteiger partial charge in [-0.15, -0.1) is 0 Å². The molecule has 2 aromatic rings. The third-order valence-electron chi connectivity index (χ3n) is 7.24. The summed E-state index contributed by atoms with van der Waals surface area (Å²) in [5, 5.41) is 26.2. The third kappa shape index (κ3) is 6.72. The van der Waals surface area contributed by atoms with Crippen molar-refractivity contribution >= 4 is 34.9 Å². The standard InChI is InChI=1S/C25H32N8O7.C2H6/c1-2-27-23(37)20-18(35)19(36)24(40-20)33-12-29-17-21(26)30-15(31-22(17)33)5-3-4-13-6-8-32(9-7-13)25(38)39-14-10-16(34)28-11-14;1-2/h12-14,18-20,24,35-36H,2,4,6-11H2,1H3,(H,27,37)(H,28,34)(H2,26,30,31);1-2H3/t14?,18-,19?,20+,24-;/m1./s1. The van der Waals surface area contributed by atoms with E-state index in [-0.39, 0.29) is 41.1 Å². The van der Waals surface area contributed by atoms with Gasteiger partial charge in [0.15, 0.2) is 23.8 Å². The van der Waals surface area contributed by atoms with Crippen molar-refractivity contribution in [2.45, 2.75) is 77.1 Å². The molecule has 5 rings (SSSR count). The van der Waals surface area contributed by atoms with E-state index in [1.807, 2.05) is 13.8 Å². The van der Waals surface area contributed by atoms with Gasteiger partial charge in [-0.25, -0.2) is 19.7 Å². The molecule has 0 aliphatic carbocycles. The lowest BCUT2D eigenvalue weighted by molar-refractivity contribution is -0.137. The fourth-order valence-electron chi connectivity index (χ4n) is 5.03. The number of amides is 3. The predicted molar refractivity (Wildman–Crippen MR) is 149 cm³/mol. The summed E-state index contributed by atoms with van der Waals surface area (Å²) in [4.78, 5) is 50.4. The summed E-state index contributed by atoms with van der Waals surface area (Å²) < 4.78 is 12.5. The summed E-state index contributed by atoms with van der Waals surface area (Å²) in [6, 6.07) is 0. The molecule has 5 heterocycles. The minimum Gasteiger partial charge on any atom is -0.444 e. The number of aliphatic hydroxyl groups is 2. The predicted octanol–water partition coefficient (Wildman–Crippen LogP) is -0.331. The lowest BCUT2D eigenvalue weighted by Crippen LogP contribution is -2.42. The minimum atomic E-state index is -1.44. The maximum atomic E-state index is 12.4. The van der Waals surface area contributed by atoms with E-state index in [0.29, 0.717) is 32.6 Å². The Kier molecular flexibility index (Phi) is 10.2. The Bertz CT molecular complexity index is 1350. The molecule has 6 N–H and O–H groups in total. The average Bonchev–Trinajstić information content (AvgIpc) is 3.68. The normalized spacial score (nSPS) is 25.7. The molecule has 0 radical (unpaired) electrons. The first-order valence-electron chi connectivity index (χ1n) is 14.3. The van der Waals surface area contributed by atoms with Crippen LogP contribution in [0.25, 0.3) is 11.2 Å². The molecule has 0 spiro atoms. The maximum absolute atomic E-state index is 12.4. The van der Waals surface area contributed by atoms with Gasteiger partial charge in [0.05, 0.1) is 19.3 Å². The maximum Gasteiger partial charge on any atom is 0.410 e. The number of nitrogen functional groups attached to an aromatic ring is 1. The molecular weight excluding hydrogens is 548 g/mol. The number of nitrogens with zero attached hydrogens (tertiary/aromatic N) is 5. The highest BCUT2D eigenvalue weighted by molar-refractivity contribution is 5.83. The van der Waals surface area contributed by atoms with Crippen LogP contribution in [0.15, 0.2) is 6.33 Å². The molecule has 2 unspecified atom stereocenters. The van der Waals surface area contributed by atoms with Gasteiger partial charge in [-0.2, -0.15) is 0 Å². The number of nitrogens with one attached hydrogen (secondary N) is 2. The summed E-state index contributed by atoms with van der Waals surface area (Å²) in [7, 11) is 0. The van der Waals surface area contributed by atoms with Gasteiger partial charge in [-0.1, -0.05) is 19.8 Å². The zero-order valence-electron chi connectivity index (χ0n) is 23.9. The lowest BCUT2D eigenvalue weighted by Gasteiger charge is -2.31. The Morgan fingerprint density at radius 1 is 1.24 bits per heavy atom. The quantitative estimate of drug-likeness (QED) is 0.287. The van der Waals surface area contributed by atoms with Gasteiger partial charge in [0, 0.05) is 26.1 Å². The summed E-state index contributed by atoms with van der Waals surface area (Å²) >= 11 is 0. The third-order valence-corrected chi connectivity index (χ3v) is 7.24. The van der Waals surface area contributed by atoms with Crippen LogP contribution >= 0.6 is 0 Å². The van der Waals surface area contributed by atoms with E-state index >= 15 is 0 Å². The van der Waals surface area contributed by atoms with Crippen molar-refractivity contribution in [1.29, 1.82) is 0 Å². The van der Waals surface area contributed by atoms with Crippen molar-refractivity contribution in [2.75, 3.05) is 31.9 Å². The summed E-state index contributed by atoms with van der Waals surface area (Å²) in [5.74, 6) is 5.88. The molecule has 5 atom stereocenters. The first-order chi connectivity index (χ1) is 20.2. The Balaban J connectivity index is 0.00000198. The molecule has 3 amide bonds. The molecule has 0 aromatic carbocycles. The molecule has 15 heteroatoms. The zero-order valence-corrected chi connectivity index (χ0v) is 23.9. The molecule has 228 valence electrons.